The molecule has 10 heteroatoms. The van der Waals surface area contributed by atoms with Gasteiger partial charge in [-0.2, -0.15) is 0 Å². The van der Waals surface area contributed by atoms with Gasteiger partial charge in [0.1, 0.15) is 11.4 Å². The van der Waals surface area contributed by atoms with Gasteiger partial charge >= 0.3 is 5.97 Å². The molecule has 10 nitrogen and oxygen atoms in total. The van der Waals surface area contributed by atoms with E-state index in [1.165, 1.54) is 56.8 Å². The maximum atomic E-state index is 12.4. The molecule has 0 bridgehead atoms. The van der Waals surface area contributed by atoms with Crippen molar-refractivity contribution in [1.82, 2.24) is 9.97 Å². The Hall–Kier alpha value is -4.08. The average Bonchev–Trinajstić information content (AvgIpc) is 2.73. The number of hydrogen-bond acceptors (Lipinski definition) is 8. The van der Waals surface area contributed by atoms with Crippen LogP contribution in [0.15, 0.2) is 48.8 Å². The minimum Gasteiger partial charge on any atom is -0.496 e. The molecule has 148 valence electrons. The van der Waals surface area contributed by atoms with E-state index >= 15 is 0 Å². The highest BCUT2D eigenvalue weighted by atomic mass is 16.6. The Morgan fingerprint density at radius 1 is 1.10 bits per heavy atom. The molecule has 2 aromatic carbocycles. The fraction of sp³-hybridized carbons (Fsp3) is 0.158. The number of carbonyl (C=O) groups is 2. The summed E-state index contributed by atoms with van der Waals surface area (Å²) in [5, 5.41) is 13.6. The van der Waals surface area contributed by atoms with Crippen LogP contribution in [0.25, 0.3) is 11.0 Å². The summed E-state index contributed by atoms with van der Waals surface area (Å²) in [7, 11) is 1.37. The van der Waals surface area contributed by atoms with Crippen molar-refractivity contribution in [2.75, 3.05) is 12.4 Å². The molecule has 0 unspecified atom stereocenters. The zero-order valence-corrected chi connectivity index (χ0v) is 15.5. The van der Waals surface area contributed by atoms with Gasteiger partial charge in [0.2, 0.25) is 0 Å². The van der Waals surface area contributed by atoms with Crippen molar-refractivity contribution in [1.29, 1.82) is 0 Å². The van der Waals surface area contributed by atoms with Crippen molar-refractivity contribution in [3.63, 3.8) is 0 Å². The number of methoxy groups -OCH3 is 1. The number of nitro benzene ring substituents is 1. The summed E-state index contributed by atoms with van der Waals surface area (Å²) < 4.78 is 10.1. The smallest absolute Gasteiger partial charge is 0.338 e. The maximum Gasteiger partial charge on any atom is 0.338 e. The highest BCUT2D eigenvalue weighted by Gasteiger charge is 2.23. The highest BCUT2D eigenvalue weighted by Crippen LogP contribution is 2.29. The summed E-state index contributed by atoms with van der Waals surface area (Å²) in [4.78, 5) is 43.5. The Labute approximate surface area is 164 Å². The van der Waals surface area contributed by atoms with Crippen LogP contribution in [-0.2, 0) is 9.53 Å². The second-order valence-electron chi connectivity index (χ2n) is 5.94. The van der Waals surface area contributed by atoms with Crippen molar-refractivity contribution in [3.8, 4) is 5.75 Å². The number of aromatic nitrogens is 2. The molecule has 3 rings (SSSR count). The lowest BCUT2D eigenvalue weighted by Gasteiger charge is -2.14. The van der Waals surface area contributed by atoms with E-state index in [1.54, 1.807) is 6.07 Å². The number of benzene rings is 2. The number of ether oxygens (including phenoxy) is 2. The molecule has 0 aliphatic rings. The largest absolute Gasteiger partial charge is 0.496 e. The molecule has 1 N–H and O–H groups in total. The number of hydrogen-bond donors (Lipinski definition) is 1. The molecule has 0 aliphatic heterocycles. The molecule has 0 radical (unpaired) electrons. The summed E-state index contributed by atoms with van der Waals surface area (Å²) in [5.74, 6) is -1.18. The first-order chi connectivity index (χ1) is 13.9. The van der Waals surface area contributed by atoms with Crippen molar-refractivity contribution < 1.29 is 24.0 Å². The maximum absolute atomic E-state index is 12.4. The zero-order chi connectivity index (χ0) is 21.0. The van der Waals surface area contributed by atoms with E-state index in [-0.39, 0.29) is 22.7 Å². The molecule has 0 spiro atoms. The Morgan fingerprint density at radius 2 is 1.83 bits per heavy atom. The molecule has 1 aromatic heterocycles. The van der Waals surface area contributed by atoms with Gasteiger partial charge in [-0.3, -0.25) is 24.9 Å². The third-order valence-corrected chi connectivity index (χ3v) is 4.02. The van der Waals surface area contributed by atoms with Gasteiger partial charge in [-0.15, -0.1) is 0 Å². The SMILES string of the molecule is COc1ccc(NC(=O)[C@@H](C)OC(=O)c2ccc3nccnc3c2)c([N+](=O)[O-])c1. The monoisotopic (exact) mass is 396 g/mol. The van der Waals surface area contributed by atoms with Crippen LogP contribution in [0.3, 0.4) is 0 Å². The normalized spacial score (nSPS) is 11.5. The second kappa shape index (κ2) is 8.30. The van der Waals surface area contributed by atoms with E-state index in [0.29, 0.717) is 11.0 Å². The number of nitrogens with zero attached hydrogens (tertiary/aromatic N) is 3. The molecular weight excluding hydrogens is 380 g/mol. The molecule has 1 heterocycles. The molecule has 0 saturated carbocycles. The Morgan fingerprint density at radius 3 is 2.52 bits per heavy atom. The van der Waals surface area contributed by atoms with Gasteiger partial charge in [-0.05, 0) is 37.3 Å². The Balaban J connectivity index is 1.71. The number of fused-ring (bicyclic) bond motifs is 1. The van der Waals surface area contributed by atoms with Crippen LogP contribution in [-0.4, -0.2) is 40.0 Å². The fourth-order valence-electron chi connectivity index (χ4n) is 2.50. The lowest BCUT2D eigenvalue weighted by Crippen LogP contribution is -2.30. The third-order valence-electron chi connectivity index (χ3n) is 4.02. The number of esters is 1. The highest BCUT2D eigenvalue weighted by molar-refractivity contribution is 5.99. The minimum absolute atomic E-state index is 0.0373. The van der Waals surface area contributed by atoms with Gasteiger partial charge in [0, 0.05) is 12.4 Å². The van der Waals surface area contributed by atoms with E-state index in [4.69, 9.17) is 9.47 Å². The van der Waals surface area contributed by atoms with Crippen LogP contribution >= 0.6 is 0 Å². The van der Waals surface area contributed by atoms with Gasteiger partial charge in [0.25, 0.3) is 11.6 Å². The van der Waals surface area contributed by atoms with E-state index in [9.17, 15) is 19.7 Å². The van der Waals surface area contributed by atoms with Crippen LogP contribution in [0, 0.1) is 10.1 Å². The van der Waals surface area contributed by atoms with E-state index in [2.05, 4.69) is 15.3 Å². The summed E-state index contributed by atoms with van der Waals surface area (Å²) >= 11 is 0. The van der Waals surface area contributed by atoms with Gasteiger partial charge in [0.15, 0.2) is 6.10 Å². The van der Waals surface area contributed by atoms with E-state index in [1.807, 2.05) is 0 Å². The third kappa shape index (κ3) is 4.43. The molecule has 0 fully saturated rings. The number of nitrogens with one attached hydrogen (secondary N) is 1. The van der Waals surface area contributed by atoms with Gasteiger partial charge in [0.05, 0.1) is 34.7 Å². The number of rotatable bonds is 6. The fourth-order valence-corrected chi connectivity index (χ4v) is 2.50. The molecule has 1 amide bonds. The lowest BCUT2D eigenvalue weighted by molar-refractivity contribution is -0.384. The summed E-state index contributed by atoms with van der Waals surface area (Å²) in [5.41, 5.74) is 0.941. The standard InChI is InChI=1S/C19H16N4O6/c1-11(18(24)22-15-6-4-13(28-2)10-17(15)23(26)27)29-19(25)12-3-5-14-16(9-12)21-8-7-20-14/h3-11H,1-2H3,(H,22,24)/t11-/m1/s1. The summed E-state index contributed by atoms with van der Waals surface area (Å²) in [6.07, 6.45) is 1.84. The van der Waals surface area contributed by atoms with E-state index < -0.39 is 22.9 Å². The van der Waals surface area contributed by atoms with Crippen molar-refractivity contribution in [2.24, 2.45) is 0 Å². The van der Waals surface area contributed by atoms with Crippen LogP contribution in [0.5, 0.6) is 5.75 Å². The quantitative estimate of drug-likeness (QED) is 0.382. The summed E-state index contributed by atoms with van der Waals surface area (Å²) in [6, 6.07) is 8.62. The zero-order valence-electron chi connectivity index (χ0n) is 15.5. The average molecular weight is 396 g/mol. The van der Waals surface area contributed by atoms with Gasteiger partial charge in [-0.1, -0.05) is 0 Å². The Kier molecular flexibility index (Phi) is 5.63. The van der Waals surface area contributed by atoms with Crippen LogP contribution in [0.4, 0.5) is 11.4 Å². The van der Waals surface area contributed by atoms with Crippen LogP contribution < -0.4 is 10.1 Å². The van der Waals surface area contributed by atoms with Gasteiger partial charge < -0.3 is 14.8 Å². The number of nitro groups is 1. The molecule has 1 atom stereocenters. The first-order valence-electron chi connectivity index (χ1n) is 8.44. The predicted octanol–water partition coefficient (Wildman–Crippen LogP) is 2.73. The van der Waals surface area contributed by atoms with Crippen molar-refractivity contribution >= 4 is 34.3 Å². The molecule has 29 heavy (non-hydrogen) atoms. The van der Waals surface area contributed by atoms with Crippen molar-refractivity contribution in [3.05, 3.63) is 64.5 Å². The molecule has 0 aliphatic carbocycles. The predicted molar refractivity (Wildman–Crippen MR) is 103 cm³/mol. The number of anilines is 1. The minimum atomic E-state index is -1.19. The number of carbonyl (C=O) groups excluding carboxylic acids is 2. The summed E-state index contributed by atoms with van der Waals surface area (Å²) in [6.45, 7) is 1.36. The molecule has 0 saturated heterocycles. The Bertz CT molecular complexity index is 1100. The first-order valence-corrected chi connectivity index (χ1v) is 8.44. The second-order valence-corrected chi connectivity index (χ2v) is 5.94. The first kappa shape index (κ1) is 19.7. The van der Waals surface area contributed by atoms with Gasteiger partial charge in [-0.25, -0.2) is 4.79 Å². The number of amides is 1. The molecular formula is C19H16N4O6. The van der Waals surface area contributed by atoms with Crippen LogP contribution in [0.1, 0.15) is 17.3 Å². The van der Waals surface area contributed by atoms with E-state index in [0.717, 1.165) is 0 Å². The van der Waals surface area contributed by atoms with Crippen LogP contribution in [0.2, 0.25) is 0 Å². The topological polar surface area (TPSA) is 134 Å². The van der Waals surface area contributed by atoms with Crippen molar-refractivity contribution in [2.45, 2.75) is 13.0 Å². The lowest BCUT2D eigenvalue weighted by atomic mass is 10.2. The molecule has 3 aromatic rings.